The first-order valence-electron chi connectivity index (χ1n) is 5.94. The Balaban J connectivity index is 2.59. The van der Waals surface area contributed by atoms with Crippen molar-refractivity contribution in [2.75, 3.05) is 38.7 Å². The molecule has 0 saturated carbocycles. The average Bonchev–Trinajstić information content (AvgIpc) is 2.32. The predicted octanol–water partition coefficient (Wildman–Crippen LogP) is 1.78. The van der Waals surface area contributed by atoms with E-state index in [4.69, 9.17) is 15.2 Å². The molecule has 1 rings (SSSR count). The first kappa shape index (κ1) is 13.8. The summed E-state index contributed by atoms with van der Waals surface area (Å²) in [6.07, 6.45) is 0.950. The van der Waals surface area contributed by atoms with Crippen LogP contribution in [0.1, 0.15) is 12.0 Å². The third-order valence-electron chi connectivity index (χ3n) is 2.38. The molecule has 0 unspecified atom stereocenters. The van der Waals surface area contributed by atoms with Gasteiger partial charge in [-0.05, 0) is 37.6 Å². The molecule has 0 aliphatic rings. The van der Waals surface area contributed by atoms with Gasteiger partial charge in [-0.2, -0.15) is 0 Å². The van der Waals surface area contributed by atoms with Crippen LogP contribution in [0.25, 0.3) is 0 Å². The van der Waals surface area contributed by atoms with Crippen molar-refractivity contribution < 1.29 is 9.47 Å². The SMILES string of the molecule is COCCOc1cc(C)ccc1NCCCN. The largest absolute Gasteiger partial charge is 0.489 e. The smallest absolute Gasteiger partial charge is 0.142 e. The van der Waals surface area contributed by atoms with Crippen molar-refractivity contribution in [1.82, 2.24) is 0 Å². The minimum absolute atomic E-state index is 0.561. The molecule has 0 saturated heterocycles. The van der Waals surface area contributed by atoms with E-state index in [2.05, 4.69) is 11.4 Å². The number of hydrogen-bond acceptors (Lipinski definition) is 4. The van der Waals surface area contributed by atoms with Gasteiger partial charge in [-0.15, -0.1) is 0 Å². The van der Waals surface area contributed by atoms with Gasteiger partial charge >= 0.3 is 0 Å². The van der Waals surface area contributed by atoms with Crippen LogP contribution in [-0.4, -0.2) is 33.4 Å². The van der Waals surface area contributed by atoms with Gasteiger partial charge in [-0.1, -0.05) is 6.07 Å². The van der Waals surface area contributed by atoms with Crippen LogP contribution in [0.3, 0.4) is 0 Å². The molecule has 0 spiro atoms. The van der Waals surface area contributed by atoms with E-state index in [1.54, 1.807) is 7.11 Å². The zero-order chi connectivity index (χ0) is 12.5. The number of methoxy groups -OCH3 is 1. The Morgan fingerprint density at radius 1 is 1.29 bits per heavy atom. The van der Waals surface area contributed by atoms with Crippen molar-refractivity contribution in [3.05, 3.63) is 23.8 Å². The molecule has 0 amide bonds. The minimum atomic E-state index is 0.561. The van der Waals surface area contributed by atoms with Crippen LogP contribution in [0, 0.1) is 6.92 Å². The van der Waals surface area contributed by atoms with Crippen molar-refractivity contribution in [3.8, 4) is 5.75 Å². The number of benzene rings is 1. The molecule has 0 aromatic heterocycles. The van der Waals surface area contributed by atoms with E-state index in [-0.39, 0.29) is 0 Å². The zero-order valence-electron chi connectivity index (χ0n) is 10.7. The highest BCUT2D eigenvalue weighted by molar-refractivity contribution is 5.57. The number of hydrogen-bond donors (Lipinski definition) is 2. The van der Waals surface area contributed by atoms with Crippen LogP contribution >= 0.6 is 0 Å². The summed E-state index contributed by atoms with van der Waals surface area (Å²) in [6, 6.07) is 6.13. The summed E-state index contributed by atoms with van der Waals surface area (Å²) in [5.74, 6) is 0.874. The van der Waals surface area contributed by atoms with Crippen molar-refractivity contribution in [3.63, 3.8) is 0 Å². The van der Waals surface area contributed by atoms with E-state index < -0.39 is 0 Å². The number of nitrogens with one attached hydrogen (secondary N) is 1. The lowest BCUT2D eigenvalue weighted by molar-refractivity contribution is 0.146. The standard InChI is InChI=1S/C13H22N2O2/c1-11-4-5-12(15-7-3-6-14)13(10-11)17-9-8-16-2/h4-5,10,15H,3,6-9,14H2,1-2H3. The van der Waals surface area contributed by atoms with Crippen LogP contribution in [0.2, 0.25) is 0 Å². The van der Waals surface area contributed by atoms with Gasteiger partial charge in [0.15, 0.2) is 0 Å². The fraction of sp³-hybridized carbons (Fsp3) is 0.538. The van der Waals surface area contributed by atoms with Crippen LogP contribution in [-0.2, 0) is 4.74 Å². The number of rotatable bonds is 8. The molecule has 96 valence electrons. The van der Waals surface area contributed by atoms with E-state index in [0.29, 0.717) is 19.8 Å². The summed E-state index contributed by atoms with van der Waals surface area (Å²) in [6.45, 7) is 4.76. The number of aryl methyl sites for hydroxylation is 1. The lowest BCUT2D eigenvalue weighted by Crippen LogP contribution is -2.11. The number of anilines is 1. The molecule has 0 aliphatic carbocycles. The molecule has 3 N–H and O–H groups in total. The van der Waals surface area contributed by atoms with Gasteiger partial charge in [-0.3, -0.25) is 0 Å². The maximum absolute atomic E-state index is 5.67. The number of ether oxygens (including phenoxy) is 2. The molecular weight excluding hydrogens is 216 g/mol. The zero-order valence-corrected chi connectivity index (χ0v) is 10.7. The van der Waals surface area contributed by atoms with Gasteiger partial charge in [-0.25, -0.2) is 0 Å². The highest BCUT2D eigenvalue weighted by atomic mass is 16.5. The maximum Gasteiger partial charge on any atom is 0.142 e. The normalized spacial score (nSPS) is 10.3. The third-order valence-corrected chi connectivity index (χ3v) is 2.38. The second-order valence-electron chi connectivity index (χ2n) is 3.91. The lowest BCUT2D eigenvalue weighted by Gasteiger charge is -2.13. The van der Waals surface area contributed by atoms with Gasteiger partial charge < -0.3 is 20.5 Å². The Morgan fingerprint density at radius 2 is 2.12 bits per heavy atom. The van der Waals surface area contributed by atoms with Crippen LogP contribution < -0.4 is 15.8 Å². The summed E-state index contributed by atoms with van der Waals surface area (Å²) in [7, 11) is 1.67. The molecule has 4 nitrogen and oxygen atoms in total. The van der Waals surface area contributed by atoms with E-state index in [1.165, 1.54) is 5.56 Å². The number of nitrogens with two attached hydrogens (primary N) is 1. The highest BCUT2D eigenvalue weighted by Gasteiger charge is 2.03. The second kappa shape index (κ2) is 7.92. The van der Waals surface area contributed by atoms with E-state index in [9.17, 15) is 0 Å². The maximum atomic E-state index is 5.67. The summed E-state index contributed by atoms with van der Waals surface area (Å²) in [4.78, 5) is 0. The Hall–Kier alpha value is -1.26. The summed E-state index contributed by atoms with van der Waals surface area (Å²) < 4.78 is 10.6. The summed E-state index contributed by atoms with van der Waals surface area (Å²) >= 11 is 0. The van der Waals surface area contributed by atoms with Crippen molar-refractivity contribution >= 4 is 5.69 Å². The molecule has 0 radical (unpaired) electrons. The van der Waals surface area contributed by atoms with E-state index >= 15 is 0 Å². The molecule has 1 aromatic carbocycles. The van der Waals surface area contributed by atoms with Crippen molar-refractivity contribution in [2.45, 2.75) is 13.3 Å². The first-order valence-corrected chi connectivity index (χ1v) is 5.94. The Bertz CT molecular complexity index is 329. The Labute approximate surface area is 103 Å². The Kier molecular flexibility index (Phi) is 6.43. The minimum Gasteiger partial charge on any atom is -0.489 e. The molecular formula is C13H22N2O2. The highest BCUT2D eigenvalue weighted by Crippen LogP contribution is 2.25. The molecule has 4 heteroatoms. The average molecular weight is 238 g/mol. The van der Waals surface area contributed by atoms with Gasteiger partial charge in [0.05, 0.1) is 12.3 Å². The molecule has 0 fully saturated rings. The fourth-order valence-electron chi connectivity index (χ4n) is 1.46. The predicted molar refractivity (Wildman–Crippen MR) is 70.7 cm³/mol. The molecule has 0 aliphatic heterocycles. The van der Waals surface area contributed by atoms with Crippen LogP contribution in [0.4, 0.5) is 5.69 Å². The van der Waals surface area contributed by atoms with E-state index in [0.717, 1.165) is 24.4 Å². The molecule has 0 atom stereocenters. The fourth-order valence-corrected chi connectivity index (χ4v) is 1.46. The van der Waals surface area contributed by atoms with Crippen LogP contribution in [0.15, 0.2) is 18.2 Å². The van der Waals surface area contributed by atoms with Gasteiger partial charge in [0.1, 0.15) is 12.4 Å². The van der Waals surface area contributed by atoms with E-state index in [1.807, 2.05) is 19.1 Å². The quantitative estimate of drug-likeness (QED) is 0.678. The van der Waals surface area contributed by atoms with Crippen molar-refractivity contribution in [2.24, 2.45) is 5.73 Å². The Morgan fingerprint density at radius 3 is 2.82 bits per heavy atom. The topological polar surface area (TPSA) is 56.5 Å². The third kappa shape index (κ3) is 5.06. The van der Waals surface area contributed by atoms with Gasteiger partial charge in [0.2, 0.25) is 0 Å². The van der Waals surface area contributed by atoms with Gasteiger partial charge in [0.25, 0.3) is 0 Å². The molecule has 1 aromatic rings. The molecule has 0 heterocycles. The van der Waals surface area contributed by atoms with Crippen LogP contribution in [0.5, 0.6) is 5.75 Å². The molecule has 0 bridgehead atoms. The van der Waals surface area contributed by atoms with Gasteiger partial charge in [0, 0.05) is 13.7 Å². The first-order chi connectivity index (χ1) is 8.27. The summed E-state index contributed by atoms with van der Waals surface area (Å²) in [5, 5.41) is 3.32. The molecule has 17 heavy (non-hydrogen) atoms. The second-order valence-corrected chi connectivity index (χ2v) is 3.91. The lowest BCUT2D eigenvalue weighted by atomic mass is 10.2. The summed E-state index contributed by atoms with van der Waals surface area (Å²) in [5.41, 5.74) is 7.66. The monoisotopic (exact) mass is 238 g/mol. The van der Waals surface area contributed by atoms with Crippen molar-refractivity contribution in [1.29, 1.82) is 0 Å².